The number of guanidine groups is 1. The van der Waals surface area contributed by atoms with Gasteiger partial charge < -0.3 is 25.4 Å². The number of hydrogen-bond donors (Lipinski definition) is 3. The molecule has 1 saturated heterocycles. The fourth-order valence-electron chi connectivity index (χ4n) is 3.25. The molecule has 8 heteroatoms. The summed E-state index contributed by atoms with van der Waals surface area (Å²) in [5, 5.41) is 17.8. The molecule has 1 aliphatic heterocycles. The van der Waals surface area contributed by atoms with Crippen LogP contribution in [0.1, 0.15) is 45.3 Å². The molecule has 1 fully saturated rings. The van der Waals surface area contributed by atoms with E-state index in [2.05, 4.69) is 34.4 Å². The number of aliphatic hydroxyl groups excluding tert-OH is 1. The van der Waals surface area contributed by atoms with E-state index in [-0.39, 0.29) is 30.5 Å². The van der Waals surface area contributed by atoms with Crippen LogP contribution in [0.5, 0.6) is 0 Å². The summed E-state index contributed by atoms with van der Waals surface area (Å²) < 4.78 is 5.65. The highest BCUT2D eigenvalue weighted by molar-refractivity contribution is 14.0. The summed E-state index contributed by atoms with van der Waals surface area (Å²) in [6.45, 7) is 11.1. The van der Waals surface area contributed by atoms with Crippen molar-refractivity contribution in [3.63, 3.8) is 0 Å². The number of nitrogens with zero attached hydrogens (tertiary/aromatic N) is 2. The monoisotopic (exact) mass is 538 g/mol. The molecular formula is C21H36ClIN4O2. The number of likely N-dealkylation sites (tertiary alicyclic amines) is 1. The highest BCUT2D eigenvalue weighted by atomic mass is 127. The van der Waals surface area contributed by atoms with Crippen molar-refractivity contribution in [2.75, 3.05) is 39.3 Å². The number of nitrogens with one attached hydrogen (secondary N) is 2. The molecule has 1 atom stereocenters. The highest BCUT2D eigenvalue weighted by Gasteiger charge is 2.20. The van der Waals surface area contributed by atoms with Crippen molar-refractivity contribution >= 4 is 41.5 Å². The number of halogens is 2. The Morgan fingerprint density at radius 3 is 2.62 bits per heavy atom. The van der Waals surface area contributed by atoms with Gasteiger partial charge in [-0.1, -0.05) is 29.8 Å². The Bertz CT molecular complexity index is 610. The van der Waals surface area contributed by atoms with Gasteiger partial charge in [0.05, 0.1) is 19.3 Å². The molecule has 0 radical (unpaired) electrons. The normalized spacial score (nSPS) is 17.1. The van der Waals surface area contributed by atoms with Gasteiger partial charge in [-0.15, -0.1) is 24.0 Å². The maximum atomic E-state index is 10.4. The van der Waals surface area contributed by atoms with Crippen LogP contribution in [0.15, 0.2) is 29.3 Å². The summed E-state index contributed by atoms with van der Waals surface area (Å²) in [6, 6.07) is 7.74. The fourth-order valence-corrected chi connectivity index (χ4v) is 3.51. The summed E-state index contributed by atoms with van der Waals surface area (Å²) in [7, 11) is 0. The van der Waals surface area contributed by atoms with Crippen molar-refractivity contribution in [3.8, 4) is 0 Å². The average Bonchev–Trinajstić information content (AvgIpc) is 2.67. The molecule has 0 aliphatic carbocycles. The van der Waals surface area contributed by atoms with Gasteiger partial charge in [-0.25, -0.2) is 0 Å². The predicted molar refractivity (Wildman–Crippen MR) is 131 cm³/mol. The Kier molecular flexibility index (Phi) is 13.1. The number of rotatable bonds is 9. The summed E-state index contributed by atoms with van der Waals surface area (Å²) in [6.07, 6.45) is 1.71. The minimum Gasteiger partial charge on any atom is -0.386 e. The summed E-state index contributed by atoms with van der Waals surface area (Å²) in [4.78, 5) is 7.02. The fraction of sp³-hybridized carbons (Fsp3) is 0.667. The minimum atomic E-state index is -0.716. The molecule has 0 spiro atoms. The quantitative estimate of drug-likeness (QED) is 0.255. The van der Waals surface area contributed by atoms with Gasteiger partial charge in [0.15, 0.2) is 5.96 Å². The molecule has 0 saturated carbocycles. The first-order valence-corrected chi connectivity index (χ1v) is 10.7. The summed E-state index contributed by atoms with van der Waals surface area (Å²) >= 11 is 6.16. The van der Waals surface area contributed by atoms with Gasteiger partial charge in [0.25, 0.3) is 0 Å². The van der Waals surface area contributed by atoms with Crippen molar-refractivity contribution in [1.29, 1.82) is 0 Å². The van der Waals surface area contributed by atoms with Crippen LogP contribution in [0, 0.1) is 0 Å². The second kappa shape index (κ2) is 14.4. The lowest BCUT2D eigenvalue weighted by molar-refractivity contribution is 0.0532. The molecule has 1 aromatic rings. The van der Waals surface area contributed by atoms with Crippen LogP contribution in [0.25, 0.3) is 0 Å². The number of ether oxygens (including phenoxy) is 1. The van der Waals surface area contributed by atoms with Crippen LogP contribution < -0.4 is 10.6 Å². The predicted octanol–water partition coefficient (Wildman–Crippen LogP) is 3.44. The minimum absolute atomic E-state index is 0. The van der Waals surface area contributed by atoms with Crippen molar-refractivity contribution < 1.29 is 9.84 Å². The Balaban J connectivity index is 0.00000420. The first-order valence-electron chi connectivity index (χ1n) is 10.3. The first kappa shape index (κ1) is 26.4. The van der Waals surface area contributed by atoms with Gasteiger partial charge in [0.2, 0.25) is 0 Å². The molecule has 0 aromatic heterocycles. The van der Waals surface area contributed by atoms with Crippen LogP contribution in [0.2, 0.25) is 5.02 Å². The Morgan fingerprint density at radius 2 is 2.00 bits per heavy atom. The van der Waals surface area contributed by atoms with Gasteiger partial charge in [-0.2, -0.15) is 0 Å². The summed E-state index contributed by atoms with van der Waals surface area (Å²) in [5.41, 5.74) is 0.709. The number of hydrogen-bond acceptors (Lipinski definition) is 4. The third-order valence-corrected chi connectivity index (χ3v) is 5.16. The molecule has 1 aromatic carbocycles. The maximum Gasteiger partial charge on any atom is 0.191 e. The van der Waals surface area contributed by atoms with E-state index in [4.69, 9.17) is 16.3 Å². The van der Waals surface area contributed by atoms with Crippen molar-refractivity contribution in [2.24, 2.45) is 4.99 Å². The standard InChI is InChI=1S/C21H35ClN4O2.HI/c1-4-23-21(24-15-20(27)18-7-5-6-8-19(18)22)25-17-9-11-26(12-10-17)13-14-28-16(2)3;/h5-8,16-17,20,27H,4,9-15H2,1-3H3,(H2,23,24,25);1H. The van der Waals surface area contributed by atoms with Crippen LogP contribution in [0.4, 0.5) is 0 Å². The zero-order valence-electron chi connectivity index (χ0n) is 17.7. The zero-order chi connectivity index (χ0) is 20.4. The summed E-state index contributed by atoms with van der Waals surface area (Å²) in [5.74, 6) is 0.746. The van der Waals surface area contributed by atoms with Crippen molar-refractivity contribution in [2.45, 2.75) is 51.9 Å². The van der Waals surface area contributed by atoms with Crippen LogP contribution in [-0.2, 0) is 4.74 Å². The van der Waals surface area contributed by atoms with E-state index in [0.29, 0.717) is 22.7 Å². The van der Waals surface area contributed by atoms with E-state index in [0.717, 1.165) is 51.6 Å². The Morgan fingerprint density at radius 1 is 1.31 bits per heavy atom. The van der Waals surface area contributed by atoms with E-state index in [1.165, 1.54) is 0 Å². The Labute approximate surface area is 197 Å². The van der Waals surface area contributed by atoms with Gasteiger partial charge >= 0.3 is 0 Å². The molecule has 0 amide bonds. The number of benzene rings is 1. The lowest BCUT2D eigenvalue weighted by Gasteiger charge is -2.33. The van der Waals surface area contributed by atoms with Gasteiger partial charge in [-0.05, 0) is 39.7 Å². The van der Waals surface area contributed by atoms with Gasteiger partial charge in [0, 0.05) is 42.8 Å². The third-order valence-electron chi connectivity index (χ3n) is 4.82. The van der Waals surface area contributed by atoms with Crippen LogP contribution >= 0.6 is 35.6 Å². The van der Waals surface area contributed by atoms with Crippen molar-refractivity contribution in [3.05, 3.63) is 34.9 Å². The van der Waals surface area contributed by atoms with E-state index in [9.17, 15) is 5.11 Å². The molecule has 3 N–H and O–H groups in total. The molecule has 0 bridgehead atoms. The molecular weight excluding hydrogens is 503 g/mol. The maximum absolute atomic E-state index is 10.4. The number of aliphatic imine (C=N–C) groups is 1. The topological polar surface area (TPSA) is 69.1 Å². The smallest absolute Gasteiger partial charge is 0.191 e. The van der Waals surface area contributed by atoms with Crippen LogP contribution in [-0.4, -0.2) is 67.4 Å². The molecule has 6 nitrogen and oxygen atoms in total. The molecule has 1 aliphatic rings. The highest BCUT2D eigenvalue weighted by Crippen LogP contribution is 2.22. The van der Waals surface area contributed by atoms with E-state index >= 15 is 0 Å². The first-order chi connectivity index (χ1) is 13.5. The van der Waals surface area contributed by atoms with E-state index < -0.39 is 6.10 Å². The lowest BCUT2D eigenvalue weighted by Crippen LogP contribution is -2.49. The molecule has 1 unspecified atom stereocenters. The molecule has 2 rings (SSSR count). The Hall–Kier alpha value is -0.610. The third kappa shape index (κ3) is 9.83. The largest absolute Gasteiger partial charge is 0.386 e. The molecule has 166 valence electrons. The number of aliphatic hydroxyl groups is 1. The second-order valence-electron chi connectivity index (χ2n) is 7.44. The zero-order valence-corrected chi connectivity index (χ0v) is 20.8. The lowest BCUT2D eigenvalue weighted by atomic mass is 10.1. The molecule has 1 heterocycles. The van der Waals surface area contributed by atoms with E-state index in [1.54, 1.807) is 6.07 Å². The van der Waals surface area contributed by atoms with Crippen molar-refractivity contribution in [1.82, 2.24) is 15.5 Å². The SMILES string of the molecule is CCNC(=NCC(O)c1ccccc1Cl)NC1CCN(CCOC(C)C)CC1.I. The molecule has 29 heavy (non-hydrogen) atoms. The van der Waals surface area contributed by atoms with Crippen LogP contribution in [0.3, 0.4) is 0 Å². The van der Waals surface area contributed by atoms with Gasteiger partial charge in [-0.3, -0.25) is 4.99 Å². The second-order valence-corrected chi connectivity index (χ2v) is 7.84. The average molecular weight is 539 g/mol. The van der Waals surface area contributed by atoms with Gasteiger partial charge in [0.1, 0.15) is 6.10 Å². The van der Waals surface area contributed by atoms with E-state index in [1.807, 2.05) is 25.1 Å². The number of piperidine rings is 1.